The van der Waals surface area contributed by atoms with Crippen molar-refractivity contribution in [3.63, 3.8) is 0 Å². The van der Waals surface area contributed by atoms with Gasteiger partial charge in [0.2, 0.25) is 11.8 Å². The molecule has 0 saturated carbocycles. The summed E-state index contributed by atoms with van der Waals surface area (Å²) in [6, 6.07) is 2.87. The molecule has 22 heavy (non-hydrogen) atoms. The van der Waals surface area contributed by atoms with Crippen LogP contribution < -0.4 is 5.32 Å². The van der Waals surface area contributed by atoms with Gasteiger partial charge in [-0.1, -0.05) is 6.07 Å². The van der Waals surface area contributed by atoms with Crippen molar-refractivity contribution < 1.29 is 19.4 Å². The van der Waals surface area contributed by atoms with E-state index in [2.05, 4.69) is 5.32 Å². The van der Waals surface area contributed by atoms with E-state index in [0.717, 1.165) is 4.88 Å². The van der Waals surface area contributed by atoms with Gasteiger partial charge < -0.3 is 20.1 Å². The summed E-state index contributed by atoms with van der Waals surface area (Å²) >= 11 is 1.51. The van der Waals surface area contributed by atoms with E-state index in [1.54, 1.807) is 11.8 Å². The molecule has 6 nitrogen and oxygen atoms in total. The third-order valence-electron chi connectivity index (χ3n) is 4.01. The van der Waals surface area contributed by atoms with Crippen molar-refractivity contribution in [3.05, 3.63) is 22.4 Å². The van der Waals surface area contributed by atoms with E-state index in [0.29, 0.717) is 13.0 Å². The van der Waals surface area contributed by atoms with Gasteiger partial charge in [-0.25, -0.2) is 0 Å². The Hall–Kier alpha value is -1.44. The van der Waals surface area contributed by atoms with Crippen LogP contribution in [0.2, 0.25) is 0 Å². The molecule has 1 saturated heterocycles. The predicted molar refractivity (Wildman–Crippen MR) is 83.5 cm³/mol. The summed E-state index contributed by atoms with van der Waals surface area (Å²) in [6.07, 6.45) is 0.409. The zero-order valence-corrected chi connectivity index (χ0v) is 13.9. The van der Waals surface area contributed by atoms with Crippen molar-refractivity contribution in [3.8, 4) is 0 Å². The lowest BCUT2D eigenvalue weighted by molar-refractivity contribution is -0.144. The molecule has 2 N–H and O–H groups in total. The Kier molecular flexibility index (Phi) is 5.20. The minimum atomic E-state index is -1.09. The zero-order chi connectivity index (χ0) is 16.3. The summed E-state index contributed by atoms with van der Waals surface area (Å²) in [7, 11) is 1.44. The molecular weight excluding hydrogens is 304 g/mol. The number of amides is 2. The average Bonchev–Trinajstić information content (AvgIpc) is 2.94. The molecule has 2 heterocycles. The minimum absolute atomic E-state index is 0.0695. The molecule has 0 spiro atoms. The summed E-state index contributed by atoms with van der Waals surface area (Å²) in [6.45, 7) is 3.59. The normalized spacial score (nSPS) is 28.5. The van der Waals surface area contributed by atoms with Crippen LogP contribution in [-0.2, 0) is 14.3 Å². The van der Waals surface area contributed by atoms with Crippen molar-refractivity contribution in [2.45, 2.75) is 38.0 Å². The van der Waals surface area contributed by atoms with E-state index in [1.807, 2.05) is 17.5 Å². The topological polar surface area (TPSA) is 78.9 Å². The molecule has 7 heteroatoms. The van der Waals surface area contributed by atoms with Crippen LogP contribution in [-0.4, -0.2) is 53.7 Å². The summed E-state index contributed by atoms with van der Waals surface area (Å²) < 4.78 is 4.84. The van der Waals surface area contributed by atoms with Gasteiger partial charge in [0.1, 0.15) is 6.61 Å². The van der Waals surface area contributed by atoms with Crippen molar-refractivity contribution >= 4 is 23.2 Å². The summed E-state index contributed by atoms with van der Waals surface area (Å²) in [5.41, 5.74) is -1.09. The predicted octanol–water partition coefficient (Wildman–Crippen LogP) is 0.924. The number of likely N-dealkylation sites (tertiary alicyclic amines) is 1. The Labute approximate surface area is 134 Å². The fraction of sp³-hybridized carbons (Fsp3) is 0.600. The van der Waals surface area contributed by atoms with Gasteiger partial charge in [-0.2, -0.15) is 0 Å². The first-order valence-corrected chi connectivity index (χ1v) is 8.06. The number of hydrogen-bond donors (Lipinski definition) is 2. The van der Waals surface area contributed by atoms with Crippen LogP contribution in [0.4, 0.5) is 0 Å². The van der Waals surface area contributed by atoms with E-state index in [4.69, 9.17) is 4.74 Å². The fourth-order valence-corrected chi connectivity index (χ4v) is 3.75. The maximum absolute atomic E-state index is 12.0. The molecule has 122 valence electrons. The van der Waals surface area contributed by atoms with Crippen molar-refractivity contribution in [1.29, 1.82) is 0 Å². The maximum Gasteiger partial charge on any atom is 0.246 e. The Balaban J connectivity index is 2.36. The second-order valence-electron chi connectivity index (χ2n) is 5.76. The first kappa shape index (κ1) is 16.9. The smallest absolute Gasteiger partial charge is 0.246 e. The molecule has 0 radical (unpaired) electrons. The van der Waals surface area contributed by atoms with E-state index in [1.165, 1.54) is 25.4 Å². The van der Waals surface area contributed by atoms with Crippen LogP contribution in [0, 0.1) is 0 Å². The number of ether oxygens (including phenoxy) is 1. The molecule has 1 aromatic rings. The minimum Gasteiger partial charge on any atom is -0.388 e. The van der Waals surface area contributed by atoms with Crippen LogP contribution >= 0.6 is 11.3 Å². The highest BCUT2D eigenvalue weighted by Crippen LogP contribution is 2.38. The fourth-order valence-electron chi connectivity index (χ4n) is 2.87. The number of carbonyl (C=O) groups excluding carboxylic acids is 2. The second-order valence-corrected chi connectivity index (χ2v) is 6.74. The number of nitrogens with zero attached hydrogens (tertiary/aromatic N) is 1. The van der Waals surface area contributed by atoms with E-state index >= 15 is 0 Å². The Morgan fingerprint density at radius 1 is 1.59 bits per heavy atom. The molecule has 3 atom stereocenters. The zero-order valence-electron chi connectivity index (χ0n) is 13.0. The molecule has 1 aliphatic heterocycles. The number of thiophene rings is 1. The summed E-state index contributed by atoms with van der Waals surface area (Å²) in [5, 5.41) is 15.5. The standard InChI is InChI=1S/C15H22N2O4S/c1-10(18)17-7-6-15(2,20)14(16-12(19)9-21-3)13(17)11-5-4-8-22-11/h4-5,8,13-14,20H,6-7,9H2,1-3H3,(H,16,19). The highest BCUT2D eigenvalue weighted by atomic mass is 32.1. The van der Waals surface area contributed by atoms with E-state index < -0.39 is 11.6 Å². The monoisotopic (exact) mass is 326 g/mol. The Morgan fingerprint density at radius 3 is 2.86 bits per heavy atom. The second kappa shape index (κ2) is 6.76. The number of aliphatic hydroxyl groups is 1. The number of rotatable bonds is 4. The lowest BCUT2D eigenvalue weighted by Gasteiger charge is -2.48. The van der Waals surface area contributed by atoms with Gasteiger partial charge in [0.05, 0.1) is 17.7 Å². The molecule has 2 rings (SSSR count). The van der Waals surface area contributed by atoms with Gasteiger partial charge in [0.25, 0.3) is 0 Å². The number of nitrogens with one attached hydrogen (secondary N) is 1. The third-order valence-corrected chi connectivity index (χ3v) is 4.95. The Bertz CT molecular complexity index is 530. The van der Waals surface area contributed by atoms with Crippen LogP contribution in [0.15, 0.2) is 17.5 Å². The highest BCUT2D eigenvalue weighted by Gasteiger charge is 2.47. The van der Waals surface area contributed by atoms with Gasteiger partial charge in [0.15, 0.2) is 0 Å². The number of methoxy groups -OCH3 is 1. The van der Waals surface area contributed by atoms with Crippen LogP contribution in [0.25, 0.3) is 0 Å². The van der Waals surface area contributed by atoms with Crippen molar-refractivity contribution in [2.75, 3.05) is 20.3 Å². The summed E-state index contributed by atoms with van der Waals surface area (Å²) in [4.78, 5) is 26.6. The Morgan fingerprint density at radius 2 is 2.32 bits per heavy atom. The van der Waals surface area contributed by atoms with E-state index in [-0.39, 0.29) is 24.5 Å². The highest BCUT2D eigenvalue weighted by molar-refractivity contribution is 7.10. The van der Waals surface area contributed by atoms with E-state index in [9.17, 15) is 14.7 Å². The van der Waals surface area contributed by atoms with Crippen LogP contribution in [0.5, 0.6) is 0 Å². The SMILES string of the molecule is COCC(=O)NC1C(c2cccs2)N(C(C)=O)CCC1(C)O. The molecule has 0 aliphatic carbocycles. The lowest BCUT2D eigenvalue weighted by atomic mass is 9.81. The first-order chi connectivity index (χ1) is 10.4. The van der Waals surface area contributed by atoms with Crippen LogP contribution in [0.3, 0.4) is 0 Å². The molecule has 2 amide bonds. The molecule has 1 aromatic heterocycles. The van der Waals surface area contributed by atoms with Gasteiger partial charge in [-0.05, 0) is 24.8 Å². The summed E-state index contributed by atoms with van der Waals surface area (Å²) in [5.74, 6) is -0.375. The molecule has 0 bridgehead atoms. The molecule has 1 aliphatic rings. The average molecular weight is 326 g/mol. The molecular formula is C15H22N2O4S. The van der Waals surface area contributed by atoms with Gasteiger partial charge >= 0.3 is 0 Å². The molecule has 0 aromatic carbocycles. The largest absolute Gasteiger partial charge is 0.388 e. The van der Waals surface area contributed by atoms with Crippen molar-refractivity contribution in [1.82, 2.24) is 10.2 Å². The number of carbonyl (C=O) groups is 2. The number of hydrogen-bond acceptors (Lipinski definition) is 5. The molecule has 1 fully saturated rings. The third kappa shape index (κ3) is 3.48. The quantitative estimate of drug-likeness (QED) is 0.862. The van der Waals surface area contributed by atoms with Gasteiger partial charge in [-0.15, -0.1) is 11.3 Å². The first-order valence-electron chi connectivity index (χ1n) is 7.18. The van der Waals surface area contributed by atoms with Crippen LogP contribution in [0.1, 0.15) is 31.2 Å². The maximum atomic E-state index is 12.0. The van der Waals surface area contributed by atoms with Gasteiger partial charge in [0, 0.05) is 25.5 Å². The molecule has 3 unspecified atom stereocenters. The van der Waals surface area contributed by atoms with Crippen molar-refractivity contribution in [2.24, 2.45) is 0 Å². The van der Waals surface area contributed by atoms with Gasteiger partial charge in [-0.3, -0.25) is 9.59 Å². The number of piperidine rings is 1. The lowest BCUT2D eigenvalue weighted by Crippen LogP contribution is -2.63.